The van der Waals surface area contributed by atoms with E-state index in [4.69, 9.17) is 4.74 Å². The van der Waals surface area contributed by atoms with Gasteiger partial charge in [-0.05, 0) is 31.2 Å². The first kappa shape index (κ1) is 15.0. The maximum Gasteiger partial charge on any atom is 0.261 e. The van der Waals surface area contributed by atoms with Crippen molar-refractivity contribution in [2.24, 2.45) is 16.0 Å². The molecule has 0 unspecified atom stereocenters. The Hall–Kier alpha value is -2.95. The number of rotatable bonds is 4. The third-order valence-electron chi connectivity index (χ3n) is 3.61. The van der Waals surface area contributed by atoms with Gasteiger partial charge in [-0.15, -0.1) is 0 Å². The lowest BCUT2D eigenvalue weighted by Crippen LogP contribution is -2.27. The quantitative estimate of drug-likeness (QED) is 0.813. The van der Waals surface area contributed by atoms with Crippen molar-refractivity contribution in [1.82, 2.24) is 0 Å². The van der Waals surface area contributed by atoms with Gasteiger partial charge in [0, 0.05) is 12.3 Å². The molecule has 1 aliphatic heterocycles. The highest BCUT2D eigenvalue weighted by atomic mass is 16.5. The largest absolute Gasteiger partial charge is 0.497 e. The summed E-state index contributed by atoms with van der Waals surface area (Å²) < 4.78 is 5.17. The standard InChI is InChI=1S/C18H17N3O2/c1-13-17(12-19-14-7-6-10-16(11-14)23-2)18(22)21(20-13)15-8-4-3-5-9-15/h3-12,17H,1-2H3/t17-/m0/s1. The Balaban J connectivity index is 1.80. The van der Waals surface area contributed by atoms with Gasteiger partial charge >= 0.3 is 0 Å². The van der Waals surface area contributed by atoms with Gasteiger partial charge < -0.3 is 4.74 Å². The summed E-state index contributed by atoms with van der Waals surface area (Å²) in [4.78, 5) is 16.9. The number of para-hydroxylation sites is 1. The van der Waals surface area contributed by atoms with Gasteiger partial charge in [0.15, 0.2) is 0 Å². The minimum atomic E-state index is -0.443. The molecule has 1 heterocycles. The van der Waals surface area contributed by atoms with E-state index in [1.165, 1.54) is 5.01 Å². The molecule has 23 heavy (non-hydrogen) atoms. The maximum absolute atomic E-state index is 12.6. The lowest BCUT2D eigenvalue weighted by molar-refractivity contribution is -0.118. The van der Waals surface area contributed by atoms with Gasteiger partial charge in [-0.1, -0.05) is 24.3 Å². The molecule has 0 N–H and O–H groups in total. The Kier molecular flexibility index (Phi) is 4.19. The molecule has 3 rings (SSSR count). The Morgan fingerprint density at radius 3 is 2.70 bits per heavy atom. The van der Waals surface area contributed by atoms with Crippen LogP contribution in [-0.4, -0.2) is 24.9 Å². The van der Waals surface area contributed by atoms with Crippen LogP contribution in [0.25, 0.3) is 0 Å². The van der Waals surface area contributed by atoms with Crippen LogP contribution in [0.15, 0.2) is 64.7 Å². The fourth-order valence-electron chi connectivity index (χ4n) is 2.36. The van der Waals surface area contributed by atoms with Crippen LogP contribution in [0.1, 0.15) is 6.92 Å². The molecule has 0 aromatic heterocycles. The summed E-state index contributed by atoms with van der Waals surface area (Å²) in [6, 6.07) is 16.8. The summed E-state index contributed by atoms with van der Waals surface area (Å²) in [6.45, 7) is 1.84. The summed E-state index contributed by atoms with van der Waals surface area (Å²) in [5.74, 6) is 0.190. The zero-order valence-electron chi connectivity index (χ0n) is 13.0. The molecule has 116 valence electrons. The van der Waals surface area contributed by atoms with Crippen LogP contribution in [0.3, 0.4) is 0 Å². The first-order valence-corrected chi connectivity index (χ1v) is 7.31. The van der Waals surface area contributed by atoms with Gasteiger partial charge in [-0.25, -0.2) is 0 Å². The fourth-order valence-corrected chi connectivity index (χ4v) is 2.36. The minimum Gasteiger partial charge on any atom is -0.497 e. The van der Waals surface area contributed by atoms with E-state index >= 15 is 0 Å². The van der Waals surface area contributed by atoms with Crippen molar-refractivity contribution in [3.05, 3.63) is 54.6 Å². The van der Waals surface area contributed by atoms with Crippen LogP contribution >= 0.6 is 0 Å². The maximum atomic E-state index is 12.6. The topological polar surface area (TPSA) is 54.3 Å². The summed E-state index contributed by atoms with van der Waals surface area (Å²) in [5, 5.41) is 5.78. The van der Waals surface area contributed by atoms with Crippen molar-refractivity contribution >= 4 is 29.2 Å². The SMILES string of the molecule is COc1cccc(N=C[C@@H]2C(=O)N(c3ccccc3)N=C2C)c1. The van der Waals surface area contributed by atoms with Crippen molar-refractivity contribution in [1.29, 1.82) is 0 Å². The molecule has 0 spiro atoms. The number of benzene rings is 2. The van der Waals surface area contributed by atoms with Gasteiger partial charge in [0.1, 0.15) is 11.7 Å². The van der Waals surface area contributed by atoms with Gasteiger partial charge in [-0.2, -0.15) is 10.1 Å². The number of methoxy groups -OCH3 is 1. The predicted molar refractivity (Wildman–Crippen MR) is 91.7 cm³/mol. The first-order valence-electron chi connectivity index (χ1n) is 7.31. The number of hydrazone groups is 1. The molecule has 2 aromatic rings. The lowest BCUT2D eigenvalue weighted by Gasteiger charge is -2.12. The second-order valence-electron chi connectivity index (χ2n) is 5.18. The van der Waals surface area contributed by atoms with Gasteiger partial charge in [-0.3, -0.25) is 9.79 Å². The molecule has 5 heteroatoms. The number of nitrogens with zero attached hydrogens (tertiary/aromatic N) is 3. The number of carbonyl (C=O) groups is 1. The van der Waals surface area contributed by atoms with Crippen molar-refractivity contribution in [2.75, 3.05) is 12.1 Å². The minimum absolute atomic E-state index is 0.0969. The molecule has 0 saturated heterocycles. The summed E-state index contributed by atoms with van der Waals surface area (Å²) >= 11 is 0. The molecule has 1 aliphatic rings. The zero-order chi connectivity index (χ0) is 16.2. The van der Waals surface area contributed by atoms with Crippen LogP contribution in [-0.2, 0) is 4.79 Å². The molecule has 5 nitrogen and oxygen atoms in total. The van der Waals surface area contributed by atoms with Crippen molar-refractivity contribution in [3.8, 4) is 5.75 Å². The molecule has 2 aromatic carbocycles. The van der Waals surface area contributed by atoms with E-state index in [9.17, 15) is 4.79 Å². The number of carbonyl (C=O) groups excluding carboxylic acids is 1. The smallest absolute Gasteiger partial charge is 0.261 e. The number of aliphatic imine (C=N–C) groups is 1. The highest BCUT2D eigenvalue weighted by Gasteiger charge is 2.33. The average Bonchev–Trinajstić information content (AvgIpc) is 2.88. The highest BCUT2D eigenvalue weighted by Crippen LogP contribution is 2.24. The van der Waals surface area contributed by atoms with Gasteiger partial charge in [0.05, 0.1) is 24.2 Å². The van der Waals surface area contributed by atoms with E-state index in [1.807, 2.05) is 61.5 Å². The van der Waals surface area contributed by atoms with Gasteiger partial charge in [0.2, 0.25) is 0 Å². The molecule has 0 saturated carbocycles. The number of hydrogen-bond acceptors (Lipinski definition) is 4. The van der Waals surface area contributed by atoms with E-state index in [2.05, 4.69) is 10.1 Å². The Bertz CT molecular complexity index is 769. The second-order valence-corrected chi connectivity index (χ2v) is 5.18. The van der Waals surface area contributed by atoms with Crippen LogP contribution in [0.5, 0.6) is 5.75 Å². The molecule has 0 fully saturated rings. The van der Waals surface area contributed by atoms with E-state index < -0.39 is 5.92 Å². The van der Waals surface area contributed by atoms with Crippen molar-refractivity contribution in [3.63, 3.8) is 0 Å². The number of hydrogen-bond donors (Lipinski definition) is 0. The predicted octanol–water partition coefficient (Wildman–Crippen LogP) is 3.44. The normalized spacial score (nSPS) is 17.7. The summed E-state index contributed by atoms with van der Waals surface area (Å²) in [6.07, 6.45) is 1.64. The fraction of sp³-hybridized carbons (Fsp3) is 0.167. The van der Waals surface area contributed by atoms with Crippen LogP contribution < -0.4 is 9.75 Å². The number of ether oxygens (including phenoxy) is 1. The molecule has 0 aliphatic carbocycles. The van der Waals surface area contributed by atoms with E-state index in [0.717, 1.165) is 22.8 Å². The third-order valence-corrected chi connectivity index (χ3v) is 3.61. The Morgan fingerprint density at radius 2 is 1.96 bits per heavy atom. The van der Waals surface area contributed by atoms with E-state index in [-0.39, 0.29) is 5.91 Å². The second kappa shape index (κ2) is 6.44. The molecule has 1 atom stereocenters. The Morgan fingerprint density at radius 1 is 1.17 bits per heavy atom. The van der Waals surface area contributed by atoms with Crippen LogP contribution in [0.4, 0.5) is 11.4 Å². The summed E-state index contributed by atoms with van der Waals surface area (Å²) in [7, 11) is 1.61. The summed E-state index contributed by atoms with van der Waals surface area (Å²) in [5.41, 5.74) is 2.22. The average molecular weight is 307 g/mol. The molecule has 0 radical (unpaired) electrons. The molecule has 0 bridgehead atoms. The first-order chi connectivity index (χ1) is 11.2. The molecule has 1 amide bonds. The molecular weight excluding hydrogens is 290 g/mol. The van der Waals surface area contributed by atoms with E-state index in [0.29, 0.717) is 0 Å². The monoisotopic (exact) mass is 307 g/mol. The van der Waals surface area contributed by atoms with Crippen LogP contribution in [0, 0.1) is 5.92 Å². The van der Waals surface area contributed by atoms with Gasteiger partial charge in [0.25, 0.3) is 5.91 Å². The lowest BCUT2D eigenvalue weighted by atomic mass is 10.1. The highest BCUT2D eigenvalue weighted by molar-refractivity contribution is 6.23. The zero-order valence-corrected chi connectivity index (χ0v) is 13.0. The Labute approximate surface area is 134 Å². The molecular formula is C18H17N3O2. The van der Waals surface area contributed by atoms with Crippen LogP contribution in [0.2, 0.25) is 0 Å². The number of anilines is 1. The number of amides is 1. The van der Waals surface area contributed by atoms with Crippen molar-refractivity contribution in [2.45, 2.75) is 6.92 Å². The third kappa shape index (κ3) is 3.13. The van der Waals surface area contributed by atoms with Crippen molar-refractivity contribution < 1.29 is 9.53 Å². The van der Waals surface area contributed by atoms with E-state index in [1.54, 1.807) is 13.3 Å².